The molecule has 0 aliphatic carbocycles. The van der Waals surface area contributed by atoms with Gasteiger partial charge in [0, 0.05) is 5.56 Å². The predicted octanol–water partition coefficient (Wildman–Crippen LogP) is 0.602. The second-order valence-corrected chi connectivity index (χ2v) is 7.63. The van der Waals surface area contributed by atoms with Gasteiger partial charge in [-0.25, -0.2) is 0 Å². The molecule has 2 aromatic rings. The maximum atomic E-state index is 11.3. The van der Waals surface area contributed by atoms with E-state index in [0.29, 0.717) is 12.0 Å². The van der Waals surface area contributed by atoms with Crippen molar-refractivity contribution in [2.75, 3.05) is 7.11 Å². The molecule has 2 aromatic carbocycles. The van der Waals surface area contributed by atoms with E-state index in [0.717, 1.165) is 16.9 Å². The van der Waals surface area contributed by atoms with Crippen LogP contribution < -0.4 is 4.74 Å². The molecule has 3 rings (SSSR count). The molecule has 0 radical (unpaired) electrons. The average molecular weight is 404 g/mol. The molecule has 5 N–H and O–H groups in total. The van der Waals surface area contributed by atoms with Crippen molar-refractivity contribution in [3.05, 3.63) is 64.7 Å². The van der Waals surface area contributed by atoms with Crippen LogP contribution in [-0.4, -0.2) is 63.2 Å². The number of rotatable bonds is 5. The Morgan fingerprint density at radius 2 is 1.72 bits per heavy atom. The van der Waals surface area contributed by atoms with Crippen molar-refractivity contribution in [1.29, 1.82) is 0 Å². The number of aliphatic hydroxyl groups is 5. The summed E-state index contributed by atoms with van der Waals surface area (Å²) in [5.74, 6) is -1.58. The molecule has 1 fully saturated rings. The van der Waals surface area contributed by atoms with E-state index in [1.165, 1.54) is 6.92 Å². The highest BCUT2D eigenvalue weighted by atomic mass is 16.7. The quantitative estimate of drug-likeness (QED) is 0.495. The highest BCUT2D eigenvalue weighted by molar-refractivity contribution is 5.40. The second-order valence-electron chi connectivity index (χ2n) is 7.63. The number of aryl methyl sites for hydroxylation is 1. The third-order valence-corrected chi connectivity index (χ3v) is 5.41. The third kappa shape index (κ3) is 4.16. The fourth-order valence-corrected chi connectivity index (χ4v) is 3.71. The van der Waals surface area contributed by atoms with Gasteiger partial charge in [-0.3, -0.25) is 0 Å². The Morgan fingerprint density at radius 1 is 1.07 bits per heavy atom. The molecule has 1 aliphatic rings. The summed E-state index contributed by atoms with van der Waals surface area (Å²) < 4.78 is 10.8. The van der Waals surface area contributed by atoms with Crippen molar-refractivity contribution in [3.8, 4) is 5.75 Å². The Hall–Kier alpha value is -2.00. The minimum atomic E-state index is -2.30. The minimum absolute atomic E-state index is 0.275. The van der Waals surface area contributed by atoms with Crippen molar-refractivity contribution in [2.45, 2.75) is 56.6 Å². The molecular formula is C22H28O7. The van der Waals surface area contributed by atoms with Gasteiger partial charge in [-0.2, -0.15) is 0 Å². The predicted molar refractivity (Wildman–Crippen MR) is 105 cm³/mol. The number of hydrogen-bond acceptors (Lipinski definition) is 7. The average Bonchev–Trinajstić information content (AvgIpc) is 2.71. The van der Waals surface area contributed by atoms with E-state index >= 15 is 0 Å². The maximum absolute atomic E-state index is 11.3. The van der Waals surface area contributed by atoms with Gasteiger partial charge >= 0.3 is 0 Å². The lowest BCUT2D eigenvalue weighted by atomic mass is 9.83. The number of benzene rings is 2. The molecule has 158 valence electrons. The van der Waals surface area contributed by atoms with Crippen LogP contribution >= 0.6 is 0 Å². The molecule has 1 saturated heterocycles. The molecule has 29 heavy (non-hydrogen) atoms. The van der Waals surface area contributed by atoms with Crippen LogP contribution in [0.5, 0.6) is 5.75 Å². The molecule has 0 amide bonds. The van der Waals surface area contributed by atoms with Gasteiger partial charge in [0.05, 0.1) is 13.2 Å². The molecule has 0 bridgehead atoms. The monoisotopic (exact) mass is 404 g/mol. The molecule has 1 heterocycles. The normalized spacial score (nSPS) is 30.8. The topological polar surface area (TPSA) is 120 Å². The van der Waals surface area contributed by atoms with E-state index in [1.807, 2.05) is 43.3 Å². The molecule has 6 atom stereocenters. The van der Waals surface area contributed by atoms with Gasteiger partial charge in [-0.15, -0.1) is 0 Å². The Kier molecular flexibility index (Phi) is 6.28. The van der Waals surface area contributed by atoms with E-state index in [4.69, 9.17) is 9.47 Å². The van der Waals surface area contributed by atoms with Gasteiger partial charge in [0.1, 0.15) is 30.2 Å². The molecule has 7 nitrogen and oxygen atoms in total. The van der Waals surface area contributed by atoms with E-state index < -0.39 is 36.3 Å². The summed E-state index contributed by atoms with van der Waals surface area (Å²) in [6.07, 6.45) is -7.05. The summed E-state index contributed by atoms with van der Waals surface area (Å²) in [6.45, 7) is 3.21. The maximum Gasteiger partial charge on any atom is 0.222 e. The summed E-state index contributed by atoms with van der Waals surface area (Å²) in [5.41, 5.74) is 2.71. The standard InChI is InChI=1S/C22H28O7/c1-12-4-7-15(11-14-5-8-16(28-3)9-6-14)17(10-12)22(27)21(26)19(25)18(24)20(29-22)13(2)23/h4-10,13,18-21,23-27H,11H2,1-3H3/t13-,18-,19-,20+,21+,22+/m0/s1. The van der Waals surface area contributed by atoms with Crippen LogP contribution in [0.15, 0.2) is 42.5 Å². The zero-order chi connectivity index (χ0) is 21.3. The van der Waals surface area contributed by atoms with Crippen LogP contribution in [0, 0.1) is 6.92 Å². The highest BCUT2D eigenvalue weighted by Gasteiger charge is 2.55. The van der Waals surface area contributed by atoms with Crippen LogP contribution in [0.3, 0.4) is 0 Å². The minimum Gasteiger partial charge on any atom is -0.497 e. The molecule has 1 aliphatic heterocycles. The number of methoxy groups -OCH3 is 1. The van der Waals surface area contributed by atoms with Crippen LogP contribution in [0.25, 0.3) is 0 Å². The molecule has 0 spiro atoms. The van der Waals surface area contributed by atoms with Gasteiger partial charge in [0.15, 0.2) is 0 Å². The molecule has 0 unspecified atom stereocenters. The van der Waals surface area contributed by atoms with Gasteiger partial charge in [0.25, 0.3) is 0 Å². The van der Waals surface area contributed by atoms with Crippen LogP contribution in [-0.2, 0) is 16.9 Å². The summed E-state index contributed by atoms with van der Waals surface area (Å²) in [7, 11) is 1.59. The first-order valence-corrected chi connectivity index (χ1v) is 9.52. The Bertz CT molecular complexity index is 836. The fourth-order valence-electron chi connectivity index (χ4n) is 3.71. The summed E-state index contributed by atoms with van der Waals surface area (Å²) in [6, 6.07) is 12.8. The fraction of sp³-hybridized carbons (Fsp3) is 0.455. The first-order chi connectivity index (χ1) is 13.7. The smallest absolute Gasteiger partial charge is 0.222 e. The SMILES string of the molecule is COc1ccc(Cc2ccc(C)cc2[C@@]2(O)O[C@H]([C@H](C)O)[C@@H](O)[C@H](O)[C@H]2O)cc1. The van der Waals surface area contributed by atoms with Gasteiger partial charge in [0.2, 0.25) is 5.79 Å². The second kappa shape index (κ2) is 8.39. The molecule has 0 saturated carbocycles. The number of hydrogen-bond donors (Lipinski definition) is 5. The van der Waals surface area contributed by atoms with E-state index in [-0.39, 0.29) is 5.56 Å². The van der Waals surface area contributed by atoms with Crippen molar-refractivity contribution in [3.63, 3.8) is 0 Å². The van der Waals surface area contributed by atoms with Crippen LogP contribution in [0.4, 0.5) is 0 Å². The van der Waals surface area contributed by atoms with Crippen LogP contribution in [0.1, 0.15) is 29.2 Å². The Balaban J connectivity index is 2.02. The molecule has 0 aromatic heterocycles. The van der Waals surface area contributed by atoms with E-state index in [2.05, 4.69) is 0 Å². The van der Waals surface area contributed by atoms with Gasteiger partial charge in [-0.1, -0.05) is 35.9 Å². The van der Waals surface area contributed by atoms with Gasteiger partial charge < -0.3 is 35.0 Å². The first kappa shape index (κ1) is 21.7. The lowest BCUT2D eigenvalue weighted by Crippen LogP contribution is -2.65. The zero-order valence-electron chi connectivity index (χ0n) is 16.7. The van der Waals surface area contributed by atoms with Gasteiger partial charge in [-0.05, 0) is 43.5 Å². The van der Waals surface area contributed by atoms with Crippen molar-refractivity contribution in [2.24, 2.45) is 0 Å². The first-order valence-electron chi connectivity index (χ1n) is 9.52. The lowest BCUT2D eigenvalue weighted by molar-refractivity contribution is -0.364. The Labute approximate surface area is 169 Å². The number of ether oxygens (including phenoxy) is 2. The molecule has 7 heteroatoms. The largest absolute Gasteiger partial charge is 0.497 e. The van der Waals surface area contributed by atoms with E-state index in [1.54, 1.807) is 13.2 Å². The summed E-state index contributed by atoms with van der Waals surface area (Å²) in [4.78, 5) is 0. The van der Waals surface area contributed by atoms with Crippen molar-refractivity contribution in [1.82, 2.24) is 0 Å². The van der Waals surface area contributed by atoms with E-state index in [9.17, 15) is 25.5 Å². The zero-order valence-corrected chi connectivity index (χ0v) is 16.7. The van der Waals surface area contributed by atoms with Crippen molar-refractivity contribution < 1.29 is 35.0 Å². The summed E-state index contributed by atoms with van der Waals surface area (Å²) in [5, 5.41) is 52.3. The van der Waals surface area contributed by atoms with Crippen LogP contribution in [0.2, 0.25) is 0 Å². The Morgan fingerprint density at radius 3 is 2.31 bits per heavy atom. The number of aliphatic hydroxyl groups excluding tert-OH is 4. The van der Waals surface area contributed by atoms with Crippen molar-refractivity contribution >= 4 is 0 Å². The summed E-state index contributed by atoms with van der Waals surface area (Å²) >= 11 is 0. The lowest BCUT2D eigenvalue weighted by Gasteiger charge is -2.47. The molecular weight excluding hydrogens is 376 g/mol. The third-order valence-electron chi connectivity index (χ3n) is 5.41. The highest BCUT2D eigenvalue weighted by Crippen LogP contribution is 2.39.